The molecule has 3 heterocycles. The quantitative estimate of drug-likeness (QED) is 0.831. The Morgan fingerprint density at radius 1 is 1.33 bits per heavy atom. The van der Waals surface area contributed by atoms with E-state index in [1.165, 1.54) is 0 Å². The summed E-state index contributed by atoms with van der Waals surface area (Å²) < 4.78 is 0. The van der Waals surface area contributed by atoms with E-state index in [0.717, 1.165) is 17.2 Å². The van der Waals surface area contributed by atoms with Crippen molar-refractivity contribution in [1.29, 1.82) is 0 Å². The number of nitrogens with two attached hydrogens (primary N) is 1. The maximum atomic E-state index is 10.3. The lowest BCUT2D eigenvalue weighted by atomic mass is 10.0. The number of aliphatic hydroxyl groups is 1. The third kappa shape index (κ3) is 3.08. The Labute approximate surface area is 122 Å². The van der Waals surface area contributed by atoms with Crippen LogP contribution in [0.15, 0.2) is 24.7 Å². The highest BCUT2D eigenvalue weighted by atomic mass is 16.3. The van der Waals surface area contributed by atoms with Gasteiger partial charge in [-0.15, -0.1) is 0 Å². The van der Waals surface area contributed by atoms with Crippen LogP contribution >= 0.6 is 0 Å². The van der Waals surface area contributed by atoms with Gasteiger partial charge in [-0.2, -0.15) is 4.98 Å². The molecule has 0 unspecified atom stereocenters. The van der Waals surface area contributed by atoms with Gasteiger partial charge in [-0.3, -0.25) is 9.97 Å². The zero-order valence-electron chi connectivity index (χ0n) is 11.8. The van der Waals surface area contributed by atoms with Gasteiger partial charge in [0.15, 0.2) is 0 Å². The molecule has 0 aliphatic carbocycles. The van der Waals surface area contributed by atoms with Gasteiger partial charge in [0.2, 0.25) is 5.95 Å². The van der Waals surface area contributed by atoms with Crippen LogP contribution in [0, 0.1) is 12.8 Å². The second kappa shape index (κ2) is 5.61. The van der Waals surface area contributed by atoms with Crippen LogP contribution in [0.5, 0.6) is 0 Å². The predicted octanol–water partition coefficient (Wildman–Crippen LogP) is 0.197. The first kappa shape index (κ1) is 13.7. The Bertz CT molecular complexity index is 600. The number of rotatable bonds is 3. The average molecular weight is 286 g/mol. The van der Waals surface area contributed by atoms with E-state index in [0.29, 0.717) is 19.5 Å². The molecule has 0 amide bonds. The highest BCUT2D eigenvalue weighted by molar-refractivity contribution is 5.44. The molecule has 7 nitrogen and oxygen atoms in total. The molecule has 21 heavy (non-hydrogen) atoms. The van der Waals surface area contributed by atoms with Crippen molar-refractivity contribution in [1.82, 2.24) is 19.9 Å². The Hall–Kier alpha value is -2.28. The molecule has 0 bridgehead atoms. The Balaban J connectivity index is 1.73. The number of β-amino-alcohol motifs (C(OH)–C–C–N with tert-alkyl or cyclic N) is 1. The normalized spacial score (nSPS) is 21.7. The zero-order valence-corrected chi connectivity index (χ0v) is 11.8. The summed E-state index contributed by atoms with van der Waals surface area (Å²) in [5.41, 5.74) is 7.40. The number of aromatic nitrogens is 4. The number of nitrogens with zero attached hydrogens (tertiary/aromatic N) is 5. The average Bonchev–Trinajstić information content (AvgIpc) is 2.80. The molecule has 1 saturated heterocycles. The summed E-state index contributed by atoms with van der Waals surface area (Å²) in [7, 11) is 0. The van der Waals surface area contributed by atoms with Crippen LogP contribution < -0.4 is 10.6 Å². The number of aryl methyl sites for hydroxylation is 1. The molecule has 3 N–H and O–H groups in total. The summed E-state index contributed by atoms with van der Waals surface area (Å²) in [6, 6.07) is 1.88. The van der Waals surface area contributed by atoms with E-state index in [1.807, 2.05) is 17.9 Å². The van der Waals surface area contributed by atoms with Gasteiger partial charge in [-0.25, -0.2) is 4.98 Å². The van der Waals surface area contributed by atoms with E-state index < -0.39 is 6.10 Å². The molecule has 0 aromatic carbocycles. The predicted molar refractivity (Wildman–Crippen MR) is 78.6 cm³/mol. The molecule has 1 aliphatic heterocycles. The monoisotopic (exact) mass is 286 g/mol. The molecule has 1 aliphatic rings. The van der Waals surface area contributed by atoms with Crippen LogP contribution in [-0.2, 0) is 6.42 Å². The van der Waals surface area contributed by atoms with Crippen LogP contribution in [0.1, 0.15) is 11.4 Å². The fourth-order valence-electron chi connectivity index (χ4n) is 2.68. The molecule has 0 spiro atoms. The van der Waals surface area contributed by atoms with Crippen molar-refractivity contribution in [2.45, 2.75) is 19.4 Å². The maximum absolute atomic E-state index is 10.3. The van der Waals surface area contributed by atoms with Gasteiger partial charge in [0.05, 0.1) is 11.8 Å². The van der Waals surface area contributed by atoms with Crippen molar-refractivity contribution < 1.29 is 5.11 Å². The minimum absolute atomic E-state index is 0.109. The SMILES string of the molecule is Cc1cc(N2C[C@@H](Cc3cnccn3)[C@H](O)C2)nc(N)n1. The van der Waals surface area contributed by atoms with Crippen LogP contribution in [0.25, 0.3) is 0 Å². The molecule has 2 atom stereocenters. The molecule has 2 aromatic heterocycles. The fraction of sp³-hybridized carbons (Fsp3) is 0.429. The zero-order chi connectivity index (χ0) is 14.8. The van der Waals surface area contributed by atoms with Crippen LogP contribution in [0.3, 0.4) is 0 Å². The number of aliphatic hydroxyl groups excluding tert-OH is 1. The van der Waals surface area contributed by atoms with Gasteiger partial charge in [-0.05, 0) is 13.3 Å². The van der Waals surface area contributed by atoms with Crippen LogP contribution in [0.2, 0.25) is 0 Å². The molecular weight excluding hydrogens is 268 g/mol. The second-order valence-corrected chi connectivity index (χ2v) is 5.36. The van der Waals surface area contributed by atoms with Crippen molar-refractivity contribution >= 4 is 11.8 Å². The number of hydrogen-bond acceptors (Lipinski definition) is 7. The van der Waals surface area contributed by atoms with E-state index in [2.05, 4.69) is 19.9 Å². The Morgan fingerprint density at radius 2 is 2.19 bits per heavy atom. The second-order valence-electron chi connectivity index (χ2n) is 5.36. The number of nitrogen functional groups attached to an aromatic ring is 1. The molecule has 7 heteroatoms. The molecule has 1 fully saturated rings. The number of hydrogen-bond donors (Lipinski definition) is 2. The molecule has 0 saturated carbocycles. The van der Waals surface area contributed by atoms with Crippen molar-refractivity contribution in [2.75, 3.05) is 23.7 Å². The first-order valence-electron chi connectivity index (χ1n) is 6.91. The standard InChI is InChI=1S/C14H18N6O/c1-9-4-13(19-14(15)18-9)20-7-10(12(21)8-20)5-11-6-16-2-3-17-11/h2-4,6,10,12,21H,5,7-8H2,1H3,(H2,15,18,19)/t10-,12-/m1/s1. The fourth-order valence-corrected chi connectivity index (χ4v) is 2.68. The third-order valence-electron chi connectivity index (χ3n) is 3.68. The molecule has 110 valence electrons. The lowest BCUT2D eigenvalue weighted by Gasteiger charge is -2.17. The van der Waals surface area contributed by atoms with Crippen LogP contribution in [-0.4, -0.2) is 44.2 Å². The van der Waals surface area contributed by atoms with Gasteiger partial charge in [0, 0.05) is 49.4 Å². The molecule has 2 aromatic rings. The summed E-state index contributed by atoms with van der Waals surface area (Å²) in [6.07, 6.45) is 5.34. The third-order valence-corrected chi connectivity index (χ3v) is 3.68. The molecule has 3 rings (SSSR count). The Kier molecular flexibility index (Phi) is 3.66. The number of anilines is 2. The highest BCUT2D eigenvalue weighted by Crippen LogP contribution is 2.25. The lowest BCUT2D eigenvalue weighted by Crippen LogP contribution is -2.22. The maximum Gasteiger partial charge on any atom is 0.222 e. The smallest absolute Gasteiger partial charge is 0.222 e. The minimum atomic E-state index is -0.413. The van der Waals surface area contributed by atoms with Gasteiger partial charge in [0.1, 0.15) is 5.82 Å². The summed E-state index contributed by atoms with van der Waals surface area (Å²) in [4.78, 5) is 18.7. The summed E-state index contributed by atoms with van der Waals surface area (Å²) >= 11 is 0. The van der Waals surface area contributed by atoms with Crippen molar-refractivity contribution in [3.8, 4) is 0 Å². The summed E-state index contributed by atoms with van der Waals surface area (Å²) in [5, 5.41) is 10.3. The van der Waals surface area contributed by atoms with Gasteiger partial charge >= 0.3 is 0 Å². The van der Waals surface area contributed by atoms with E-state index in [9.17, 15) is 5.11 Å². The molecule has 0 radical (unpaired) electrons. The van der Waals surface area contributed by atoms with E-state index in [4.69, 9.17) is 5.73 Å². The van der Waals surface area contributed by atoms with E-state index in [1.54, 1.807) is 18.6 Å². The summed E-state index contributed by atoms with van der Waals surface area (Å²) in [5.74, 6) is 1.13. The van der Waals surface area contributed by atoms with Gasteiger partial charge in [-0.1, -0.05) is 0 Å². The van der Waals surface area contributed by atoms with Crippen LogP contribution in [0.4, 0.5) is 11.8 Å². The van der Waals surface area contributed by atoms with Crippen molar-refractivity contribution in [3.05, 3.63) is 36.0 Å². The van der Waals surface area contributed by atoms with Gasteiger partial charge in [0.25, 0.3) is 0 Å². The van der Waals surface area contributed by atoms with E-state index >= 15 is 0 Å². The van der Waals surface area contributed by atoms with Crippen molar-refractivity contribution in [3.63, 3.8) is 0 Å². The first-order chi connectivity index (χ1) is 10.1. The molecular formula is C14H18N6O. The Morgan fingerprint density at radius 3 is 2.90 bits per heavy atom. The highest BCUT2D eigenvalue weighted by Gasteiger charge is 2.32. The van der Waals surface area contributed by atoms with Crippen molar-refractivity contribution in [2.24, 2.45) is 5.92 Å². The largest absolute Gasteiger partial charge is 0.391 e. The first-order valence-corrected chi connectivity index (χ1v) is 6.91. The summed E-state index contributed by atoms with van der Waals surface area (Å²) in [6.45, 7) is 3.14. The topological polar surface area (TPSA) is 101 Å². The minimum Gasteiger partial charge on any atom is -0.391 e. The lowest BCUT2D eigenvalue weighted by molar-refractivity contribution is 0.147. The van der Waals surface area contributed by atoms with Gasteiger partial charge < -0.3 is 15.7 Å². The van der Waals surface area contributed by atoms with E-state index in [-0.39, 0.29) is 11.9 Å².